The first-order valence-electron chi connectivity index (χ1n) is 7.57. The quantitative estimate of drug-likeness (QED) is 0.741. The number of hydrogen-bond donors (Lipinski definition) is 2. The third-order valence-electron chi connectivity index (χ3n) is 4.49. The second-order valence-electron chi connectivity index (χ2n) is 6.13. The maximum Gasteiger partial charge on any atom is 0.227 e. The van der Waals surface area contributed by atoms with E-state index in [1.165, 1.54) is 12.8 Å². The Morgan fingerprint density at radius 1 is 1.22 bits per heavy atom. The van der Waals surface area contributed by atoms with Gasteiger partial charge in [-0.25, -0.2) is 0 Å². The molecule has 0 radical (unpaired) electrons. The van der Waals surface area contributed by atoms with Crippen molar-refractivity contribution in [1.29, 1.82) is 0 Å². The fourth-order valence-corrected chi connectivity index (χ4v) is 2.99. The largest absolute Gasteiger partial charge is 0.353 e. The number of nitrogens with two attached hydrogens (primary N) is 1. The van der Waals surface area contributed by atoms with Crippen molar-refractivity contribution in [1.82, 2.24) is 5.32 Å². The number of hydrogen-bond acceptors (Lipinski definition) is 2. The van der Waals surface area contributed by atoms with Gasteiger partial charge in [-0.05, 0) is 25.2 Å². The van der Waals surface area contributed by atoms with Crippen LogP contribution < -0.4 is 11.1 Å². The van der Waals surface area contributed by atoms with E-state index in [2.05, 4.69) is 26.1 Å². The SMILES string of the molecule is CCC(NC(=O)C1(CN)CCCCCC1)C(C)C. The number of carbonyl (C=O) groups is 1. The zero-order chi connectivity index (χ0) is 13.6. The molecule has 18 heavy (non-hydrogen) atoms. The van der Waals surface area contributed by atoms with Crippen LogP contribution in [0.3, 0.4) is 0 Å². The molecule has 0 bridgehead atoms. The fraction of sp³-hybridized carbons (Fsp3) is 0.933. The van der Waals surface area contributed by atoms with E-state index in [-0.39, 0.29) is 17.4 Å². The summed E-state index contributed by atoms with van der Waals surface area (Å²) in [5.74, 6) is 0.687. The molecule has 1 saturated carbocycles. The van der Waals surface area contributed by atoms with E-state index in [9.17, 15) is 4.79 Å². The molecule has 1 aliphatic carbocycles. The lowest BCUT2D eigenvalue weighted by Crippen LogP contribution is -2.50. The average molecular weight is 254 g/mol. The smallest absolute Gasteiger partial charge is 0.227 e. The van der Waals surface area contributed by atoms with Crippen molar-refractivity contribution in [3.63, 3.8) is 0 Å². The predicted octanol–water partition coefficient (Wildman–Crippen LogP) is 2.84. The molecule has 106 valence electrons. The van der Waals surface area contributed by atoms with Gasteiger partial charge in [-0.1, -0.05) is 46.5 Å². The monoisotopic (exact) mass is 254 g/mol. The van der Waals surface area contributed by atoms with Crippen LogP contribution >= 0.6 is 0 Å². The Balaban J connectivity index is 2.71. The van der Waals surface area contributed by atoms with Crippen LogP contribution in [0.15, 0.2) is 0 Å². The number of amides is 1. The van der Waals surface area contributed by atoms with Gasteiger partial charge in [-0.15, -0.1) is 0 Å². The summed E-state index contributed by atoms with van der Waals surface area (Å²) in [6.07, 6.45) is 7.69. The number of nitrogens with one attached hydrogen (secondary N) is 1. The van der Waals surface area contributed by atoms with Gasteiger partial charge in [0, 0.05) is 12.6 Å². The first-order valence-corrected chi connectivity index (χ1v) is 7.57. The van der Waals surface area contributed by atoms with E-state index >= 15 is 0 Å². The van der Waals surface area contributed by atoms with E-state index in [1.807, 2.05) is 0 Å². The standard InChI is InChI=1S/C15H30N2O/c1-4-13(12(2)3)17-14(18)15(11-16)9-7-5-6-8-10-15/h12-13H,4-11,16H2,1-3H3,(H,17,18). The van der Waals surface area contributed by atoms with Gasteiger partial charge < -0.3 is 11.1 Å². The molecule has 0 aromatic carbocycles. The summed E-state index contributed by atoms with van der Waals surface area (Å²) < 4.78 is 0. The zero-order valence-electron chi connectivity index (χ0n) is 12.3. The lowest BCUT2D eigenvalue weighted by Gasteiger charge is -2.33. The maximum absolute atomic E-state index is 12.6. The van der Waals surface area contributed by atoms with Gasteiger partial charge in [0.25, 0.3) is 0 Å². The van der Waals surface area contributed by atoms with Crippen molar-refractivity contribution in [3.05, 3.63) is 0 Å². The highest BCUT2D eigenvalue weighted by atomic mass is 16.2. The molecule has 1 aliphatic rings. The van der Waals surface area contributed by atoms with Crippen LogP contribution in [-0.2, 0) is 4.79 Å². The summed E-state index contributed by atoms with van der Waals surface area (Å²) >= 11 is 0. The molecule has 1 rings (SSSR count). The molecule has 1 amide bonds. The van der Waals surface area contributed by atoms with Gasteiger partial charge in [-0.2, -0.15) is 0 Å². The molecule has 0 spiro atoms. The van der Waals surface area contributed by atoms with Gasteiger partial charge >= 0.3 is 0 Å². The molecular formula is C15H30N2O. The predicted molar refractivity (Wildman–Crippen MR) is 76.2 cm³/mol. The molecule has 0 aliphatic heterocycles. The van der Waals surface area contributed by atoms with Crippen molar-refractivity contribution >= 4 is 5.91 Å². The van der Waals surface area contributed by atoms with Gasteiger partial charge in [0.05, 0.1) is 5.41 Å². The molecule has 0 heterocycles. The Labute approximate surface area is 112 Å². The Bertz CT molecular complexity index is 255. The van der Waals surface area contributed by atoms with Crippen molar-refractivity contribution in [3.8, 4) is 0 Å². The van der Waals surface area contributed by atoms with E-state index < -0.39 is 0 Å². The first-order chi connectivity index (χ1) is 8.55. The molecule has 0 aromatic rings. The van der Waals surface area contributed by atoms with Crippen molar-refractivity contribution in [2.24, 2.45) is 17.1 Å². The van der Waals surface area contributed by atoms with Crippen LogP contribution in [0.4, 0.5) is 0 Å². The molecule has 0 saturated heterocycles. The third-order valence-corrected chi connectivity index (χ3v) is 4.49. The van der Waals surface area contributed by atoms with E-state index in [4.69, 9.17) is 5.73 Å². The Kier molecular flexibility index (Phi) is 6.13. The maximum atomic E-state index is 12.6. The molecule has 3 N–H and O–H groups in total. The minimum atomic E-state index is -0.293. The van der Waals surface area contributed by atoms with E-state index in [0.717, 1.165) is 32.1 Å². The van der Waals surface area contributed by atoms with Gasteiger partial charge in [0.15, 0.2) is 0 Å². The average Bonchev–Trinajstić information content (AvgIpc) is 2.61. The molecule has 1 atom stereocenters. The van der Waals surface area contributed by atoms with Crippen LogP contribution in [0, 0.1) is 11.3 Å². The topological polar surface area (TPSA) is 55.1 Å². The lowest BCUT2D eigenvalue weighted by atomic mass is 9.79. The van der Waals surface area contributed by atoms with Crippen LogP contribution in [0.25, 0.3) is 0 Å². The van der Waals surface area contributed by atoms with Crippen molar-refractivity contribution in [2.45, 2.75) is 71.8 Å². The summed E-state index contributed by atoms with van der Waals surface area (Å²) in [6.45, 7) is 6.95. The summed E-state index contributed by atoms with van der Waals surface area (Å²) in [7, 11) is 0. The fourth-order valence-electron chi connectivity index (χ4n) is 2.99. The van der Waals surface area contributed by atoms with Crippen molar-refractivity contribution < 1.29 is 4.79 Å². The Hall–Kier alpha value is -0.570. The van der Waals surface area contributed by atoms with Gasteiger partial charge in [-0.3, -0.25) is 4.79 Å². The molecule has 0 aromatic heterocycles. The zero-order valence-corrected chi connectivity index (χ0v) is 12.3. The third kappa shape index (κ3) is 3.71. The minimum Gasteiger partial charge on any atom is -0.353 e. The number of carbonyl (C=O) groups excluding carboxylic acids is 1. The van der Waals surface area contributed by atoms with Crippen LogP contribution in [-0.4, -0.2) is 18.5 Å². The first kappa shape index (κ1) is 15.5. The summed E-state index contributed by atoms with van der Waals surface area (Å²) in [5, 5.41) is 3.24. The van der Waals surface area contributed by atoms with Gasteiger partial charge in [0.2, 0.25) is 5.91 Å². The highest BCUT2D eigenvalue weighted by molar-refractivity contribution is 5.83. The Morgan fingerprint density at radius 3 is 2.17 bits per heavy atom. The van der Waals surface area contributed by atoms with Crippen molar-refractivity contribution in [2.75, 3.05) is 6.54 Å². The molecule has 1 fully saturated rings. The number of rotatable bonds is 5. The summed E-state index contributed by atoms with van der Waals surface area (Å²) in [4.78, 5) is 12.6. The molecule has 3 nitrogen and oxygen atoms in total. The molecular weight excluding hydrogens is 224 g/mol. The van der Waals surface area contributed by atoms with E-state index in [1.54, 1.807) is 0 Å². The highest BCUT2D eigenvalue weighted by Gasteiger charge is 2.38. The van der Waals surface area contributed by atoms with Crippen LogP contribution in [0.5, 0.6) is 0 Å². The van der Waals surface area contributed by atoms with Crippen LogP contribution in [0.1, 0.15) is 65.7 Å². The Morgan fingerprint density at radius 2 is 1.78 bits per heavy atom. The summed E-state index contributed by atoms with van der Waals surface area (Å²) in [5.41, 5.74) is 5.65. The normalized spacial score (nSPS) is 21.4. The second kappa shape index (κ2) is 7.13. The van der Waals surface area contributed by atoms with Crippen LogP contribution in [0.2, 0.25) is 0 Å². The van der Waals surface area contributed by atoms with E-state index in [0.29, 0.717) is 12.5 Å². The minimum absolute atomic E-state index is 0.201. The second-order valence-corrected chi connectivity index (χ2v) is 6.13. The molecule has 3 heteroatoms. The highest BCUT2D eigenvalue weighted by Crippen LogP contribution is 2.34. The van der Waals surface area contributed by atoms with Gasteiger partial charge in [0.1, 0.15) is 0 Å². The summed E-state index contributed by atoms with van der Waals surface area (Å²) in [6, 6.07) is 0.282. The lowest BCUT2D eigenvalue weighted by molar-refractivity contribution is -0.132. The molecule has 1 unspecified atom stereocenters.